The van der Waals surface area contributed by atoms with E-state index in [-0.39, 0.29) is 11.6 Å². The minimum Gasteiger partial charge on any atom is -0.292 e. The molecule has 1 unspecified atom stereocenters. The zero-order valence-electron chi connectivity index (χ0n) is 8.54. The third kappa shape index (κ3) is 1.95. The van der Waals surface area contributed by atoms with Crippen molar-refractivity contribution in [2.75, 3.05) is 0 Å². The Bertz CT molecular complexity index is 480. The summed E-state index contributed by atoms with van der Waals surface area (Å²) in [6, 6.07) is 4.81. The predicted molar refractivity (Wildman–Crippen MR) is 53.3 cm³/mol. The molecule has 0 aliphatic heterocycles. The van der Waals surface area contributed by atoms with Crippen molar-refractivity contribution in [2.45, 2.75) is 13.0 Å². The van der Waals surface area contributed by atoms with Gasteiger partial charge in [-0.15, -0.1) is 10.2 Å². The largest absolute Gasteiger partial charge is 0.292 e. The molecule has 0 radical (unpaired) electrons. The van der Waals surface area contributed by atoms with Gasteiger partial charge in [-0.2, -0.15) is 4.80 Å². The first-order valence-electron chi connectivity index (χ1n) is 4.71. The van der Waals surface area contributed by atoms with E-state index in [0.29, 0.717) is 5.56 Å². The number of Topliss-reactive ketones (excluding diaryl/α,β-unsaturated/α-hetero) is 1. The second kappa shape index (κ2) is 4.18. The quantitative estimate of drug-likeness (QED) is 0.730. The van der Waals surface area contributed by atoms with Gasteiger partial charge in [0.2, 0.25) is 0 Å². The van der Waals surface area contributed by atoms with Gasteiger partial charge in [0.1, 0.15) is 11.9 Å². The van der Waals surface area contributed by atoms with E-state index in [4.69, 9.17) is 0 Å². The van der Waals surface area contributed by atoms with E-state index >= 15 is 0 Å². The molecule has 16 heavy (non-hydrogen) atoms. The average molecular weight is 220 g/mol. The van der Waals surface area contributed by atoms with Crippen molar-refractivity contribution in [3.05, 3.63) is 42.0 Å². The van der Waals surface area contributed by atoms with Gasteiger partial charge in [0.05, 0.1) is 0 Å². The normalized spacial score (nSPS) is 12.4. The molecule has 2 aromatic rings. The van der Waals surface area contributed by atoms with Crippen LogP contribution in [0.2, 0.25) is 0 Å². The third-order valence-electron chi connectivity index (χ3n) is 2.22. The van der Waals surface area contributed by atoms with Crippen LogP contribution < -0.4 is 0 Å². The molecular weight excluding hydrogens is 211 g/mol. The average Bonchev–Trinajstić information content (AvgIpc) is 2.81. The number of ketones is 1. The Kier molecular flexibility index (Phi) is 2.72. The Morgan fingerprint density at radius 1 is 1.38 bits per heavy atom. The van der Waals surface area contributed by atoms with Gasteiger partial charge in [0.25, 0.3) is 0 Å². The van der Waals surface area contributed by atoms with E-state index < -0.39 is 6.04 Å². The van der Waals surface area contributed by atoms with E-state index in [2.05, 4.69) is 15.4 Å². The van der Waals surface area contributed by atoms with Crippen molar-refractivity contribution in [3.8, 4) is 0 Å². The maximum atomic E-state index is 12.7. The fourth-order valence-corrected chi connectivity index (χ4v) is 1.31. The zero-order chi connectivity index (χ0) is 11.5. The molecule has 0 bridgehead atoms. The molecule has 1 heterocycles. The Morgan fingerprint density at radius 3 is 2.62 bits per heavy atom. The highest BCUT2D eigenvalue weighted by Gasteiger charge is 2.18. The summed E-state index contributed by atoms with van der Waals surface area (Å²) in [5, 5.41) is 10.9. The number of tetrazole rings is 1. The molecule has 2 rings (SSSR count). The Labute approximate surface area is 90.9 Å². The van der Waals surface area contributed by atoms with Gasteiger partial charge < -0.3 is 0 Å². The molecule has 0 N–H and O–H groups in total. The van der Waals surface area contributed by atoms with E-state index in [1.165, 1.54) is 35.4 Å². The van der Waals surface area contributed by atoms with Crippen LogP contribution in [0.4, 0.5) is 4.39 Å². The van der Waals surface area contributed by atoms with Crippen LogP contribution in [-0.2, 0) is 0 Å². The lowest BCUT2D eigenvalue weighted by Gasteiger charge is -2.08. The van der Waals surface area contributed by atoms with Crippen LogP contribution in [0.5, 0.6) is 0 Å². The summed E-state index contributed by atoms with van der Waals surface area (Å²) in [4.78, 5) is 13.1. The molecule has 0 fully saturated rings. The number of rotatable bonds is 3. The monoisotopic (exact) mass is 220 g/mol. The first-order valence-corrected chi connectivity index (χ1v) is 4.71. The molecule has 0 aliphatic rings. The van der Waals surface area contributed by atoms with Crippen LogP contribution in [0.1, 0.15) is 23.3 Å². The Balaban J connectivity index is 2.22. The number of carbonyl (C=O) groups excluding carboxylic acids is 1. The number of hydrogen-bond acceptors (Lipinski definition) is 4. The summed E-state index contributed by atoms with van der Waals surface area (Å²) in [5.41, 5.74) is 0.422. The first kappa shape index (κ1) is 10.4. The zero-order valence-corrected chi connectivity index (χ0v) is 8.54. The van der Waals surface area contributed by atoms with Gasteiger partial charge in [-0.25, -0.2) is 4.39 Å². The van der Waals surface area contributed by atoms with E-state index in [9.17, 15) is 9.18 Å². The topological polar surface area (TPSA) is 60.7 Å². The molecule has 1 aromatic carbocycles. The molecule has 0 saturated carbocycles. The molecule has 1 aromatic heterocycles. The van der Waals surface area contributed by atoms with Crippen molar-refractivity contribution >= 4 is 5.78 Å². The maximum Gasteiger partial charge on any atom is 0.188 e. The lowest BCUT2D eigenvalue weighted by atomic mass is 10.1. The van der Waals surface area contributed by atoms with Crippen LogP contribution in [0, 0.1) is 5.82 Å². The molecule has 0 saturated heterocycles. The molecule has 1 atom stereocenters. The Hall–Kier alpha value is -2.11. The van der Waals surface area contributed by atoms with E-state index in [1.54, 1.807) is 6.92 Å². The van der Waals surface area contributed by atoms with Crippen molar-refractivity contribution < 1.29 is 9.18 Å². The molecule has 0 aliphatic carbocycles. The lowest BCUT2D eigenvalue weighted by Crippen LogP contribution is -2.19. The summed E-state index contributed by atoms with van der Waals surface area (Å²) >= 11 is 0. The molecule has 0 amide bonds. The maximum absolute atomic E-state index is 12.7. The standard InChI is InChI=1S/C10H9FN4O/c1-7(15-13-6-12-14-15)10(16)8-2-4-9(11)5-3-8/h2-7H,1H3. The van der Waals surface area contributed by atoms with Gasteiger partial charge in [-0.3, -0.25) is 4.79 Å². The van der Waals surface area contributed by atoms with Gasteiger partial charge in [-0.05, 0) is 36.4 Å². The highest BCUT2D eigenvalue weighted by atomic mass is 19.1. The molecule has 5 nitrogen and oxygen atoms in total. The number of aromatic nitrogens is 4. The number of hydrogen-bond donors (Lipinski definition) is 0. The molecule has 0 spiro atoms. The molecule has 6 heteroatoms. The van der Waals surface area contributed by atoms with Crippen molar-refractivity contribution in [2.24, 2.45) is 0 Å². The second-order valence-corrected chi connectivity index (χ2v) is 3.30. The lowest BCUT2D eigenvalue weighted by molar-refractivity contribution is 0.0918. The van der Waals surface area contributed by atoms with Crippen LogP contribution >= 0.6 is 0 Å². The van der Waals surface area contributed by atoms with Crippen LogP contribution in [-0.4, -0.2) is 26.0 Å². The van der Waals surface area contributed by atoms with Crippen molar-refractivity contribution in [1.29, 1.82) is 0 Å². The van der Waals surface area contributed by atoms with Crippen LogP contribution in [0.3, 0.4) is 0 Å². The number of halogens is 1. The van der Waals surface area contributed by atoms with Gasteiger partial charge in [-0.1, -0.05) is 0 Å². The molecular formula is C10H9FN4O. The minimum atomic E-state index is -0.548. The second-order valence-electron chi connectivity index (χ2n) is 3.30. The first-order chi connectivity index (χ1) is 7.68. The summed E-state index contributed by atoms with van der Waals surface area (Å²) in [6.45, 7) is 1.66. The third-order valence-corrected chi connectivity index (χ3v) is 2.22. The number of nitrogens with zero attached hydrogens (tertiary/aromatic N) is 4. The van der Waals surface area contributed by atoms with Gasteiger partial charge in [0, 0.05) is 5.56 Å². The summed E-state index contributed by atoms with van der Waals surface area (Å²) in [6.07, 6.45) is 1.26. The van der Waals surface area contributed by atoms with E-state index in [0.717, 1.165) is 0 Å². The van der Waals surface area contributed by atoms with Gasteiger partial charge >= 0.3 is 0 Å². The van der Waals surface area contributed by atoms with Crippen LogP contribution in [0.15, 0.2) is 30.6 Å². The minimum absolute atomic E-state index is 0.182. The molecule has 82 valence electrons. The summed E-state index contributed by atoms with van der Waals surface area (Å²) < 4.78 is 12.7. The summed E-state index contributed by atoms with van der Waals surface area (Å²) in [5.74, 6) is -0.555. The smallest absolute Gasteiger partial charge is 0.188 e. The summed E-state index contributed by atoms with van der Waals surface area (Å²) in [7, 11) is 0. The fraction of sp³-hybridized carbons (Fsp3) is 0.200. The number of benzene rings is 1. The van der Waals surface area contributed by atoms with Gasteiger partial charge in [0.15, 0.2) is 12.1 Å². The van der Waals surface area contributed by atoms with Crippen molar-refractivity contribution in [3.63, 3.8) is 0 Å². The highest BCUT2D eigenvalue weighted by molar-refractivity contribution is 5.98. The predicted octanol–water partition coefficient (Wildman–Crippen LogP) is 1.26. The van der Waals surface area contributed by atoms with E-state index in [1.807, 2.05) is 0 Å². The fourth-order valence-electron chi connectivity index (χ4n) is 1.31. The SMILES string of the molecule is CC(C(=O)c1ccc(F)cc1)n1ncnn1. The Morgan fingerprint density at radius 2 is 2.06 bits per heavy atom. The number of carbonyl (C=O) groups is 1. The van der Waals surface area contributed by atoms with Crippen LogP contribution in [0.25, 0.3) is 0 Å². The highest BCUT2D eigenvalue weighted by Crippen LogP contribution is 2.12. The van der Waals surface area contributed by atoms with Crippen molar-refractivity contribution in [1.82, 2.24) is 20.2 Å².